The molecular weight excluding hydrogens is 361 g/mol. The average molecular weight is 386 g/mol. The molecular formula is C19H25Cl2NO3. The second-order valence-electron chi connectivity index (χ2n) is 7.80. The molecule has 1 aliphatic rings. The average Bonchev–Trinajstić information content (AvgIpc) is 2.44. The first-order valence-electron chi connectivity index (χ1n) is 8.46. The van der Waals surface area contributed by atoms with Crippen LogP contribution < -0.4 is 0 Å². The van der Waals surface area contributed by atoms with Crippen molar-refractivity contribution in [2.24, 2.45) is 0 Å². The quantitative estimate of drug-likeness (QED) is 0.675. The van der Waals surface area contributed by atoms with Gasteiger partial charge in [-0.15, -0.1) is 0 Å². The molecule has 1 amide bonds. The monoisotopic (exact) mass is 385 g/mol. The first-order chi connectivity index (χ1) is 11.5. The van der Waals surface area contributed by atoms with Crippen LogP contribution in [0.25, 0.3) is 0 Å². The third-order valence-corrected chi connectivity index (χ3v) is 4.96. The van der Waals surface area contributed by atoms with Crippen LogP contribution in [0.15, 0.2) is 24.3 Å². The largest absolute Gasteiger partial charge is 0.444 e. The Hall–Kier alpha value is -1.26. The summed E-state index contributed by atoms with van der Waals surface area (Å²) in [6.45, 7) is 8.03. The van der Waals surface area contributed by atoms with E-state index in [1.165, 1.54) is 0 Å². The summed E-state index contributed by atoms with van der Waals surface area (Å²) in [5.41, 5.74) is 0.0381. The van der Waals surface area contributed by atoms with Gasteiger partial charge in [0.15, 0.2) is 0 Å². The molecule has 1 unspecified atom stereocenters. The molecule has 138 valence electrons. The molecule has 0 N–H and O–H groups in total. The highest BCUT2D eigenvalue weighted by Gasteiger charge is 2.43. The van der Waals surface area contributed by atoms with Crippen molar-refractivity contribution in [1.82, 2.24) is 4.90 Å². The summed E-state index contributed by atoms with van der Waals surface area (Å²) in [5.74, 6) is 0. The maximum absolute atomic E-state index is 12.4. The molecule has 1 saturated heterocycles. The number of rotatable bonds is 3. The fourth-order valence-corrected chi connectivity index (χ4v) is 3.98. The summed E-state index contributed by atoms with van der Waals surface area (Å²) in [6.07, 6.45) is 1.17. The number of piperidine rings is 1. The van der Waals surface area contributed by atoms with Gasteiger partial charge in [0.2, 0.25) is 5.24 Å². The molecule has 2 atom stereocenters. The number of amides is 1. The molecule has 1 aliphatic heterocycles. The number of hydrogen-bond donors (Lipinski definition) is 0. The summed E-state index contributed by atoms with van der Waals surface area (Å²) in [5, 5.41) is 0.249. The van der Waals surface area contributed by atoms with Crippen molar-refractivity contribution in [3.8, 4) is 0 Å². The van der Waals surface area contributed by atoms with Crippen LogP contribution in [0.4, 0.5) is 4.79 Å². The van der Waals surface area contributed by atoms with E-state index in [0.29, 0.717) is 24.4 Å². The molecule has 2 rings (SSSR count). The number of likely N-dealkylation sites (tertiary alicyclic amines) is 1. The Bertz CT molecular complexity index is 656. The van der Waals surface area contributed by atoms with Crippen LogP contribution in [-0.4, -0.2) is 34.4 Å². The molecule has 1 aromatic rings. The van der Waals surface area contributed by atoms with Gasteiger partial charge in [-0.3, -0.25) is 4.79 Å². The summed E-state index contributed by atoms with van der Waals surface area (Å²) in [4.78, 5) is 25.9. The van der Waals surface area contributed by atoms with Gasteiger partial charge < -0.3 is 9.64 Å². The Kier molecular flexibility index (Phi) is 6.05. The normalized spacial score (nSPS) is 24.1. The molecule has 1 heterocycles. The number of nitrogens with zero attached hydrogens (tertiary/aromatic N) is 1. The van der Waals surface area contributed by atoms with Crippen molar-refractivity contribution in [3.63, 3.8) is 0 Å². The van der Waals surface area contributed by atoms with Gasteiger partial charge >= 0.3 is 6.09 Å². The third kappa shape index (κ3) is 5.11. The van der Waals surface area contributed by atoms with Crippen molar-refractivity contribution in [1.29, 1.82) is 0 Å². The summed E-state index contributed by atoms with van der Waals surface area (Å²) >= 11 is 11.9. The molecule has 0 aliphatic carbocycles. The van der Waals surface area contributed by atoms with E-state index in [4.69, 9.17) is 27.9 Å². The number of halogens is 2. The van der Waals surface area contributed by atoms with Gasteiger partial charge in [0.25, 0.3) is 0 Å². The molecule has 0 bridgehead atoms. The van der Waals surface area contributed by atoms with Crippen LogP contribution in [0.3, 0.4) is 0 Å². The Balaban J connectivity index is 2.25. The predicted octanol–water partition coefficient (Wildman–Crippen LogP) is 5.15. The fraction of sp³-hybridized carbons (Fsp3) is 0.579. The Morgan fingerprint density at radius 2 is 2.04 bits per heavy atom. The highest BCUT2D eigenvalue weighted by Crippen LogP contribution is 2.42. The van der Waals surface area contributed by atoms with Crippen molar-refractivity contribution < 1.29 is 14.3 Å². The molecule has 0 radical (unpaired) electrons. The predicted molar refractivity (Wildman–Crippen MR) is 100 cm³/mol. The molecule has 6 heteroatoms. The fourth-order valence-electron chi connectivity index (χ4n) is 3.53. The molecule has 1 aromatic carbocycles. The summed E-state index contributed by atoms with van der Waals surface area (Å²) < 4.78 is 5.49. The Labute approximate surface area is 159 Å². The first kappa shape index (κ1) is 20.1. The lowest BCUT2D eigenvalue weighted by Gasteiger charge is -2.45. The van der Waals surface area contributed by atoms with Crippen LogP contribution in [0.1, 0.15) is 52.5 Å². The Morgan fingerprint density at radius 3 is 2.56 bits per heavy atom. The van der Waals surface area contributed by atoms with E-state index in [2.05, 4.69) is 0 Å². The van der Waals surface area contributed by atoms with Crippen LogP contribution in [0.2, 0.25) is 5.02 Å². The summed E-state index contributed by atoms with van der Waals surface area (Å²) in [7, 11) is 0. The second-order valence-corrected chi connectivity index (χ2v) is 8.66. The lowest BCUT2D eigenvalue weighted by molar-refractivity contribution is -0.113. The number of ether oxygens (including phenoxy) is 1. The van der Waals surface area contributed by atoms with Crippen molar-refractivity contribution in [2.75, 3.05) is 6.54 Å². The highest BCUT2D eigenvalue weighted by atomic mass is 35.5. The van der Waals surface area contributed by atoms with Gasteiger partial charge in [-0.1, -0.05) is 23.7 Å². The van der Waals surface area contributed by atoms with E-state index in [1.807, 2.05) is 45.9 Å². The van der Waals surface area contributed by atoms with Gasteiger partial charge in [-0.25, -0.2) is 4.79 Å². The molecule has 4 nitrogen and oxygen atoms in total. The van der Waals surface area contributed by atoms with Crippen molar-refractivity contribution in [2.45, 2.75) is 64.0 Å². The topological polar surface area (TPSA) is 46.6 Å². The maximum atomic E-state index is 12.4. The molecule has 1 fully saturated rings. The van der Waals surface area contributed by atoms with Gasteiger partial charge in [0.05, 0.1) is 0 Å². The Morgan fingerprint density at radius 1 is 1.36 bits per heavy atom. The number of hydrogen-bond acceptors (Lipinski definition) is 3. The van der Waals surface area contributed by atoms with Crippen molar-refractivity contribution >= 4 is 34.5 Å². The van der Waals surface area contributed by atoms with Gasteiger partial charge in [0, 0.05) is 29.4 Å². The minimum atomic E-state index is -0.537. The number of carbonyl (C=O) groups excluding carboxylic acids is 2. The van der Waals surface area contributed by atoms with Gasteiger partial charge in [-0.2, -0.15) is 0 Å². The summed E-state index contributed by atoms with van der Waals surface area (Å²) in [6, 6.07) is 7.47. The SMILES string of the molecule is C[C@H]1CC(CC(=O)Cl)(c2cccc(Cl)c2)CCN1C(=O)OC(C)(C)C. The maximum Gasteiger partial charge on any atom is 0.410 e. The van der Waals surface area contributed by atoms with E-state index in [0.717, 1.165) is 5.56 Å². The van der Waals surface area contributed by atoms with Crippen molar-refractivity contribution in [3.05, 3.63) is 34.9 Å². The van der Waals surface area contributed by atoms with Gasteiger partial charge in [0.1, 0.15) is 5.60 Å². The minimum absolute atomic E-state index is 0.0707. The van der Waals surface area contributed by atoms with Gasteiger partial charge in [-0.05, 0) is 69.8 Å². The molecule has 25 heavy (non-hydrogen) atoms. The lowest BCUT2D eigenvalue weighted by atomic mass is 9.69. The molecule has 0 aromatic heterocycles. The van der Waals surface area contributed by atoms with Crippen LogP contribution in [0.5, 0.6) is 0 Å². The van der Waals surface area contributed by atoms with Crippen LogP contribution >= 0.6 is 23.2 Å². The standard InChI is InChI=1S/C19H25Cl2NO3/c1-13-11-19(12-16(21)23,14-6-5-7-15(20)10-14)8-9-22(13)17(24)25-18(2,3)4/h5-7,10,13H,8-9,11-12H2,1-4H3/t13-,19?/m0/s1. The van der Waals surface area contributed by atoms with Crippen LogP contribution in [0, 0.1) is 0 Å². The highest BCUT2D eigenvalue weighted by molar-refractivity contribution is 6.63. The zero-order valence-electron chi connectivity index (χ0n) is 15.1. The number of benzene rings is 1. The van der Waals surface area contributed by atoms with E-state index >= 15 is 0 Å². The number of carbonyl (C=O) groups is 2. The van der Waals surface area contributed by atoms with E-state index in [9.17, 15) is 9.59 Å². The minimum Gasteiger partial charge on any atom is -0.444 e. The van der Waals surface area contributed by atoms with Crippen LogP contribution in [-0.2, 0) is 14.9 Å². The zero-order chi connectivity index (χ0) is 18.8. The molecule has 0 spiro atoms. The first-order valence-corrected chi connectivity index (χ1v) is 9.22. The zero-order valence-corrected chi connectivity index (χ0v) is 16.7. The smallest absolute Gasteiger partial charge is 0.410 e. The van der Waals surface area contributed by atoms with E-state index in [-0.39, 0.29) is 23.8 Å². The molecule has 0 saturated carbocycles. The van der Waals surface area contributed by atoms with E-state index in [1.54, 1.807) is 11.0 Å². The third-order valence-electron chi connectivity index (χ3n) is 4.59. The lowest BCUT2D eigenvalue weighted by Crippen LogP contribution is -2.51. The second kappa shape index (κ2) is 7.55. The van der Waals surface area contributed by atoms with E-state index < -0.39 is 11.0 Å².